The highest BCUT2D eigenvalue weighted by atomic mass is 15.2. The van der Waals surface area contributed by atoms with Gasteiger partial charge in [-0.25, -0.2) is 0 Å². The molecule has 0 N–H and O–H groups in total. The van der Waals surface area contributed by atoms with E-state index in [0.29, 0.717) is 0 Å². The summed E-state index contributed by atoms with van der Waals surface area (Å²) in [7, 11) is 2.21. The Morgan fingerprint density at radius 1 is 0.977 bits per heavy atom. The second-order valence-electron chi connectivity index (χ2n) is 12.8. The molecule has 3 heteroatoms. The van der Waals surface area contributed by atoms with Crippen LogP contribution in [0.25, 0.3) is 16.7 Å². The Hall–Kier alpha value is -3.17. The number of hydrogen-bond donors (Lipinski definition) is 0. The van der Waals surface area contributed by atoms with Crippen LogP contribution in [-0.2, 0) is 19.4 Å². The standard InChI is InChI=1S/C39H53N3.C2H6/c1-8-11-13-35-24-32(23-34(12-9-2)38(35)33-16-14-31(6)15-17-33)28-42-21-19-39(18-10-3,20-22-42)29-41(7)37-25-36(30(4)5)26-40-27-37;1-2/h10,14-17,23-27H,3-4,8-9,11-13,18-22,28-29H2,1-2,5-7H3;1-2H3. The van der Waals surface area contributed by atoms with Gasteiger partial charge in [0.1, 0.15) is 0 Å². The van der Waals surface area contributed by atoms with Gasteiger partial charge in [0.25, 0.3) is 0 Å². The second kappa shape index (κ2) is 17.4. The van der Waals surface area contributed by atoms with Gasteiger partial charge in [-0.3, -0.25) is 9.88 Å². The van der Waals surface area contributed by atoms with Crippen LogP contribution in [0.15, 0.2) is 74.1 Å². The van der Waals surface area contributed by atoms with Crippen LogP contribution in [0.1, 0.15) is 101 Å². The fourth-order valence-corrected chi connectivity index (χ4v) is 6.69. The Bertz CT molecular complexity index is 1330. The number of pyridine rings is 1. The predicted molar refractivity (Wildman–Crippen MR) is 195 cm³/mol. The molecule has 0 spiro atoms. The molecule has 0 aliphatic carbocycles. The molecule has 3 aromatic rings. The van der Waals surface area contributed by atoms with E-state index in [1.165, 1.54) is 65.5 Å². The van der Waals surface area contributed by atoms with Crippen LogP contribution in [-0.4, -0.2) is 36.6 Å². The molecule has 3 nitrogen and oxygen atoms in total. The number of piperidine rings is 1. The van der Waals surface area contributed by atoms with Gasteiger partial charge in [0.2, 0.25) is 0 Å². The van der Waals surface area contributed by atoms with E-state index in [2.05, 4.69) is 104 Å². The molecular formula is C41H59N3. The number of aromatic nitrogens is 1. The molecule has 2 aromatic carbocycles. The number of rotatable bonds is 14. The minimum Gasteiger partial charge on any atom is -0.373 e. The van der Waals surface area contributed by atoms with E-state index in [0.717, 1.165) is 62.3 Å². The Morgan fingerprint density at radius 2 is 1.64 bits per heavy atom. The van der Waals surface area contributed by atoms with Crippen molar-refractivity contribution >= 4 is 11.3 Å². The van der Waals surface area contributed by atoms with Crippen molar-refractivity contribution in [1.82, 2.24) is 9.88 Å². The number of allylic oxidation sites excluding steroid dienone is 2. The van der Waals surface area contributed by atoms with Gasteiger partial charge in [0.05, 0.1) is 11.9 Å². The molecule has 1 fully saturated rings. The van der Waals surface area contributed by atoms with Gasteiger partial charge < -0.3 is 4.90 Å². The van der Waals surface area contributed by atoms with E-state index in [9.17, 15) is 0 Å². The minimum absolute atomic E-state index is 0.237. The summed E-state index contributed by atoms with van der Waals surface area (Å²) < 4.78 is 0. The zero-order valence-corrected chi connectivity index (χ0v) is 29.0. The van der Waals surface area contributed by atoms with Gasteiger partial charge in [-0.2, -0.15) is 0 Å². The molecule has 1 aliphatic heterocycles. The number of likely N-dealkylation sites (tertiary alicyclic amines) is 1. The molecule has 1 aromatic heterocycles. The summed E-state index contributed by atoms with van der Waals surface area (Å²) in [5.41, 5.74) is 12.3. The third-order valence-electron chi connectivity index (χ3n) is 9.15. The lowest BCUT2D eigenvalue weighted by Gasteiger charge is -2.44. The van der Waals surface area contributed by atoms with E-state index in [1.54, 1.807) is 0 Å². The first-order chi connectivity index (χ1) is 21.3. The summed E-state index contributed by atoms with van der Waals surface area (Å²) in [5.74, 6) is 0. The van der Waals surface area contributed by atoms with Crippen molar-refractivity contribution < 1.29 is 0 Å². The third kappa shape index (κ3) is 9.41. The van der Waals surface area contributed by atoms with E-state index in [1.807, 2.05) is 33.2 Å². The monoisotopic (exact) mass is 593 g/mol. The van der Waals surface area contributed by atoms with Crippen LogP contribution in [0.3, 0.4) is 0 Å². The van der Waals surface area contributed by atoms with Gasteiger partial charge in [-0.05, 0) is 116 Å². The fourth-order valence-electron chi connectivity index (χ4n) is 6.69. The lowest BCUT2D eigenvalue weighted by Crippen LogP contribution is -2.45. The maximum Gasteiger partial charge on any atom is 0.0556 e. The number of aryl methyl sites for hydroxylation is 3. The smallest absolute Gasteiger partial charge is 0.0556 e. The zero-order valence-electron chi connectivity index (χ0n) is 29.0. The quantitative estimate of drug-likeness (QED) is 0.173. The van der Waals surface area contributed by atoms with E-state index >= 15 is 0 Å². The minimum atomic E-state index is 0.237. The number of unbranched alkanes of at least 4 members (excludes halogenated alkanes) is 1. The van der Waals surface area contributed by atoms with Crippen LogP contribution < -0.4 is 4.90 Å². The van der Waals surface area contributed by atoms with E-state index < -0.39 is 0 Å². The zero-order chi connectivity index (χ0) is 32.1. The Balaban J connectivity index is 0.00000259. The van der Waals surface area contributed by atoms with E-state index in [-0.39, 0.29) is 5.41 Å². The molecule has 0 saturated carbocycles. The van der Waals surface area contributed by atoms with Crippen LogP contribution in [0, 0.1) is 12.3 Å². The molecule has 1 saturated heterocycles. The lowest BCUT2D eigenvalue weighted by molar-refractivity contribution is 0.106. The summed E-state index contributed by atoms with van der Waals surface area (Å²) in [4.78, 5) is 9.57. The fraction of sp³-hybridized carbons (Fsp3) is 0.488. The van der Waals surface area contributed by atoms with Crippen LogP contribution in [0.5, 0.6) is 0 Å². The second-order valence-corrected chi connectivity index (χ2v) is 12.8. The normalized spacial score (nSPS) is 14.4. The van der Waals surface area contributed by atoms with Gasteiger partial charge in [-0.15, -0.1) is 6.58 Å². The maximum absolute atomic E-state index is 4.49. The molecule has 2 heterocycles. The topological polar surface area (TPSA) is 19.4 Å². The van der Waals surface area contributed by atoms with Crippen molar-refractivity contribution in [2.75, 3.05) is 31.6 Å². The molecular weight excluding hydrogens is 534 g/mol. The third-order valence-corrected chi connectivity index (χ3v) is 9.15. The van der Waals surface area contributed by atoms with Crippen molar-refractivity contribution in [2.24, 2.45) is 5.41 Å². The highest BCUT2D eigenvalue weighted by Gasteiger charge is 2.35. The van der Waals surface area contributed by atoms with Gasteiger partial charge >= 0.3 is 0 Å². The summed E-state index contributed by atoms with van der Waals surface area (Å²) in [6, 6.07) is 16.4. The average Bonchev–Trinajstić information content (AvgIpc) is 3.03. The van der Waals surface area contributed by atoms with Gasteiger partial charge in [-0.1, -0.05) is 95.2 Å². The van der Waals surface area contributed by atoms with Crippen molar-refractivity contribution in [3.8, 4) is 11.1 Å². The van der Waals surface area contributed by atoms with Crippen molar-refractivity contribution in [2.45, 2.75) is 99.5 Å². The number of benzene rings is 2. The first-order valence-corrected chi connectivity index (χ1v) is 17.1. The van der Waals surface area contributed by atoms with Crippen molar-refractivity contribution in [3.05, 3.63) is 102 Å². The molecule has 238 valence electrons. The van der Waals surface area contributed by atoms with E-state index in [4.69, 9.17) is 0 Å². The highest BCUT2D eigenvalue weighted by Crippen LogP contribution is 2.38. The summed E-state index contributed by atoms with van der Waals surface area (Å²) in [5, 5.41) is 0. The molecule has 0 atom stereocenters. The van der Waals surface area contributed by atoms with Crippen molar-refractivity contribution in [3.63, 3.8) is 0 Å². The molecule has 0 bridgehead atoms. The Kier molecular flexibility index (Phi) is 13.9. The lowest BCUT2D eigenvalue weighted by atomic mass is 9.75. The number of anilines is 1. The highest BCUT2D eigenvalue weighted by molar-refractivity contribution is 5.72. The first-order valence-electron chi connectivity index (χ1n) is 17.1. The molecule has 44 heavy (non-hydrogen) atoms. The largest absolute Gasteiger partial charge is 0.373 e. The Morgan fingerprint density at radius 3 is 2.23 bits per heavy atom. The van der Waals surface area contributed by atoms with Crippen LogP contribution in [0.2, 0.25) is 0 Å². The summed E-state index contributed by atoms with van der Waals surface area (Å²) in [6.45, 7) is 25.4. The SMILES string of the molecule is C=CCC1(CN(C)c2cncc(C(=C)C)c2)CCN(Cc2cc(CCC)c(-c3ccc(C)cc3)c(CCCC)c2)CC1.CC. The molecule has 0 amide bonds. The maximum atomic E-state index is 4.49. The molecule has 0 unspecified atom stereocenters. The first kappa shape index (κ1) is 35.3. The number of hydrogen-bond acceptors (Lipinski definition) is 3. The van der Waals surface area contributed by atoms with Gasteiger partial charge in [0, 0.05) is 26.3 Å². The Labute approximate surface area is 270 Å². The van der Waals surface area contributed by atoms with Gasteiger partial charge in [0.15, 0.2) is 0 Å². The molecule has 0 radical (unpaired) electrons. The molecule has 1 aliphatic rings. The van der Waals surface area contributed by atoms with Crippen LogP contribution in [0.4, 0.5) is 5.69 Å². The predicted octanol–water partition coefficient (Wildman–Crippen LogP) is 10.7. The van der Waals surface area contributed by atoms with Crippen molar-refractivity contribution in [1.29, 1.82) is 0 Å². The molecule has 4 rings (SSSR count). The number of nitrogens with zero attached hydrogens (tertiary/aromatic N) is 3. The summed E-state index contributed by atoms with van der Waals surface area (Å²) >= 11 is 0. The average molecular weight is 594 g/mol. The summed E-state index contributed by atoms with van der Waals surface area (Å²) in [6.07, 6.45) is 15.3. The van der Waals surface area contributed by atoms with Crippen LogP contribution >= 0.6 is 0 Å².